The fourth-order valence-corrected chi connectivity index (χ4v) is 2.97. The SMILES string of the molecule is CC(C)S(=O)(=O)Cc1ccc(CCC2CC2)cc1. The third-order valence-electron chi connectivity index (χ3n) is 3.65. The molecular weight excluding hydrogens is 244 g/mol. The Morgan fingerprint density at radius 2 is 1.67 bits per heavy atom. The summed E-state index contributed by atoms with van der Waals surface area (Å²) in [5, 5.41) is -0.299. The van der Waals surface area contributed by atoms with Gasteiger partial charge in [-0.1, -0.05) is 37.1 Å². The average molecular weight is 266 g/mol. The molecule has 0 N–H and O–H groups in total. The summed E-state index contributed by atoms with van der Waals surface area (Å²) in [4.78, 5) is 0. The lowest BCUT2D eigenvalue weighted by Crippen LogP contribution is -2.15. The van der Waals surface area contributed by atoms with Crippen LogP contribution in [0, 0.1) is 5.92 Å². The van der Waals surface area contributed by atoms with E-state index in [-0.39, 0.29) is 11.0 Å². The van der Waals surface area contributed by atoms with Crippen molar-refractivity contribution in [2.75, 3.05) is 0 Å². The quantitative estimate of drug-likeness (QED) is 0.791. The Kier molecular flexibility index (Phi) is 4.10. The van der Waals surface area contributed by atoms with E-state index in [0.29, 0.717) is 0 Å². The van der Waals surface area contributed by atoms with Gasteiger partial charge in [-0.25, -0.2) is 8.42 Å². The molecule has 0 heterocycles. The molecule has 0 bridgehead atoms. The lowest BCUT2D eigenvalue weighted by Gasteiger charge is -2.08. The molecule has 2 nitrogen and oxygen atoms in total. The van der Waals surface area contributed by atoms with Crippen LogP contribution < -0.4 is 0 Å². The Bertz CT molecular complexity index is 482. The largest absolute Gasteiger partial charge is 0.228 e. The Hall–Kier alpha value is -0.830. The monoisotopic (exact) mass is 266 g/mol. The van der Waals surface area contributed by atoms with E-state index in [0.717, 1.165) is 17.9 Å². The van der Waals surface area contributed by atoms with Gasteiger partial charge in [0.1, 0.15) is 0 Å². The Balaban J connectivity index is 1.94. The Labute approximate surface area is 110 Å². The lowest BCUT2D eigenvalue weighted by atomic mass is 10.1. The maximum absolute atomic E-state index is 11.8. The van der Waals surface area contributed by atoms with Crippen LogP contribution in [0.3, 0.4) is 0 Å². The molecule has 0 spiro atoms. The van der Waals surface area contributed by atoms with E-state index >= 15 is 0 Å². The summed E-state index contributed by atoms with van der Waals surface area (Å²) < 4.78 is 23.6. The molecule has 18 heavy (non-hydrogen) atoms. The number of hydrogen-bond donors (Lipinski definition) is 0. The van der Waals surface area contributed by atoms with Gasteiger partial charge in [-0.15, -0.1) is 0 Å². The zero-order chi connectivity index (χ0) is 13.2. The van der Waals surface area contributed by atoms with E-state index < -0.39 is 9.84 Å². The summed E-state index contributed by atoms with van der Waals surface area (Å²) in [6.45, 7) is 3.47. The minimum absolute atomic E-state index is 0.160. The predicted octanol–water partition coefficient (Wildman–Crippen LogP) is 3.35. The topological polar surface area (TPSA) is 34.1 Å². The molecule has 1 aromatic rings. The molecule has 1 aromatic carbocycles. The standard InChI is InChI=1S/C15H22O2S/c1-12(2)18(16,17)11-15-9-7-14(8-10-15)6-5-13-3-4-13/h7-10,12-13H,3-6,11H2,1-2H3. The van der Waals surface area contributed by atoms with Crippen LogP contribution in [0.2, 0.25) is 0 Å². The maximum Gasteiger partial charge on any atom is 0.156 e. The van der Waals surface area contributed by atoms with Crippen LogP contribution in [-0.2, 0) is 22.0 Å². The highest BCUT2D eigenvalue weighted by Gasteiger charge is 2.20. The highest BCUT2D eigenvalue weighted by molar-refractivity contribution is 7.91. The zero-order valence-electron chi connectivity index (χ0n) is 11.2. The van der Waals surface area contributed by atoms with Gasteiger partial charge in [0.2, 0.25) is 0 Å². The second-order valence-electron chi connectivity index (χ2n) is 5.65. The molecule has 0 atom stereocenters. The van der Waals surface area contributed by atoms with Gasteiger partial charge in [-0.05, 0) is 43.7 Å². The normalized spacial score (nSPS) is 16.2. The van der Waals surface area contributed by atoms with Crippen molar-refractivity contribution in [2.24, 2.45) is 5.92 Å². The molecule has 2 rings (SSSR count). The van der Waals surface area contributed by atoms with Crippen molar-refractivity contribution in [3.05, 3.63) is 35.4 Å². The minimum atomic E-state index is -2.98. The summed E-state index contributed by atoms with van der Waals surface area (Å²) in [6.07, 6.45) is 5.20. The first kappa shape index (κ1) is 13.6. The summed E-state index contributed by atoms with van der Waals surface area (Å²) in [5.41, 5.74) is 2.23. The third-order valence-corrected chi connectivity index (χ3v) is 5.82. The van der Waals surface area contributed by atoms with E-state index in [2.05, 4.69) is 12.1 Å². The molecule has 1 aliphatic carbocycles. The first-order valence-corrected chi connectivity index (χ1v) is 8.48. The van der Waals surface area contributed by atoms with Crippen LogP contribution in [0.5, 0.6) is 0 Å². The molecule has 0 aliphatic heterocycles. The second-order valence-corrected chi connectivity index (χ2v) is 8.21. The molecule has 0 amide bonds. The summed E-state index contributed by atoms with van der Waals surface area (Å²) in [6, 6.07) is 8.07. The van der Waals surface area contributed by atoms with Crippen molar-refractivity contribution in [1.82, 2.24) is 0 Å². The molecule has 100 valence electrons. The molecular formula is C15H22O2S. The van der Waals surface area contributed by atoms with E-state index in [1.807, 2.05) is 12.1 Å². The van der Waals surface area contributed by atoms with Gasteiger partial charge in [-0.2, -0.15) is 0 Å². The Morgan fingerprint density at radius 1 is 1.11 bits per heavy atom. The molecule has 0 saturated heterocycles. The summed E-state index contributed by atoms with van der Waals surface area (Å²) in [7, 11) is -2.98. The van der Waals surface area contributed by atoms with Crippen molar-refractivity contribution < 1.29 is 8.42 Å². The van der Waals surface area contributed by atoms with Crippen molar-refractivity contribution in [1.29, 1.82) is 0 Å². The van der Waals surface area contributed by atoms with E-state index in [9.17, 15) is 8.42 Å². The number of rotatable bonds is 6. The van der Waals surface area contributed by atoms with Gasteiger partial charge in [0.25, 0.3) is 0 Å². The van der Waals surface area contributed by atoms with Crippen molar-refractivity contribution in [2.45, 2.75) is 50.5 Å². The highest BCUT2D eigenvalue weighted by atomic mass is 32.2. The van der Waals surface area contributed by atoms with Crippen LogP contribution in [-0.4, -0.2) is 13.7 Å². The van der Waals surface area contributed by atoms with E-state index in [4.69, 9.17) is 0 Å². The lowest BCUT2D eigenvalue weighted by molar-refractivity contribution is 0.586. The van der Waals surface area contributed by atoms with Crippen LogP contribution in [0.15, 0.2) is 24.3 Å². The van der Waals surface area contributed by atoms with Crippen molar-refractivity contribution in [3.63, 3.8) is 0 Å². The molecule has 1 fully saturated rings. The van der Waals surface area contributed by atoms with Crippen LogP contribution >= 0.6 is 0 Å². The van der Waals surface area contributed by atoms with E-state index in [1.165, 1.54) is 24.8 Å². The molecule has 1 saturated carbocycles. The van der Waals surface area contributed by atoms with Gasteiger partial charge < -0.3 is 0 Å². The van der Waals surface area contributed by atoms with Gasteiger partial charge in [-0.3, -0.25) is 0 Å². The van der Waals surface area contributed by atoms with Crippen molar-refractivity contribution >= 4 is 9.84 Å². The number of aryl methyl sites for hydroxylation is 1. The molecule has 1 aliphatic rings. The van der Waals surface area contributed by atoms with Gasteiger partial charge >= 0.3 is 0 Å². The maximum atomic E-state index is 11.8. The fourth-order valence-electron chi connectivity index (χ4n) is 1.98. The highest BCUT2D eigenvalue weighted by Crippen LogP contribution is 2.33. The summed E-state index contributed by atoms with van der Waals surface area (Å²) in [5.74, 6) is 1.11. The predicted molar refractivity (Wildman–Crippen MR) is 75.2 cm³/mol. The fraction of sp³-hybridized carbons (Fsp3) is 0.600. The molecule has 3 heteroatoms. The van der Waals surface area contributed by atoms with Crippen LogP contribution in [0.25, 0.3) is 0 Å². The third kappa shape index (κ3) is 3.84. The minimum Gasteiger partial charge on any atom is -0.228 e. The smallest absolute Gasteiger partial charge is 0.156 e. The average Bonchev–Trinajstić information content (AvgIpc) is 3.11. The first-order valence-electron chi connectivity index (χ1n) is 6.77. The zero-order valence-corrected chi connectivity index (χ0v) is 12.0. The number of hydrogen-bond acceptors (Lipinski definition) is 2. The number of benzene rings is 1. The van der Waals surface area contributed by atoms with Gasteiger partial charge in [0, 0.05) is 0 Å². The molecule has 0 unspecified atom stereocenters. The molecule has 0 aromatic heterocycles. The second kappa shape index (κ2) is 5.43. The van der Waals surface area contributed by atoms with Gasteiger partial charge in [0.15, 0.2) is 9.84 Å². The van der Waals surface area contributed by atoms with E-state index in [1.54, 1.807) is 13.8 Å². The van der Waals surface area contributed by atoms with Crippen LogP contribution in [0.4, 0.5) is 0 Å². The molecule has 0 radical (unpaired) electrons. The number of sulfone groups is 1. The first-order chi connectivity index (χ1) is 8.47. The van der Waals surface area contributed by atoms with Crippen LogP contribution in [0.1, 0.15) is 44.2 Å². The van der Waals surface area contributed by atoms with Crippen molar-refractivity contribution in [3.8, 4) is 0 Å². The Morgan fingerprint density at radius 3 is 2.17 bits per heavy atom. The van der Waals surface area contributed by atoms with Gasteiger partial charge in [0.05, 0.1) is 11.0 Å². The summed E-state index contributed by atoms with van der Waals surface area (Å²) >= 11 is 0.